The molecule has 0 spiro atoms. The third-order valence-electron chi connectivity index (χ3n) is 4.68. The molecule has 0 atom stereocenters. The highest BCUT2D eigenvalue weighted by Crippen LogP contribution is 2.34. The first-order valence-corrected chi connectivity index (χ1v) is 8.85. The predicted molar refractivity (Wildman–Crippen MR) is 89.0 cm³/mol. The Hall–Kier alpha value is -2.22. The fraction of sp³-hybridized carbons (Fsp3) is 0.500. The van der Waals surface area contributed by atoms with Crippen molar-refractivity contribution in [2.45, 2.75) is 44.2 Å². The van der Waals surface area contributed by atoms with Crippen molar-refractivity contribution >= 4 is 23.2 Å². The minimum atomic E-state index is -1.13. The number of hydrogen-bond acceptors (Lipinski definition) is 5. The maximum Gasteiger partial charge on any atom is 0.329 e. The van der Waals surface area contributed by atoms with Gasteiger partial charge in [-0.15, -0.1) is 16.4 Å². The van der Waals surface area contributed by atoms with Gasteiger partial charge in [-0.3, -0.25) is 4.79 Å². The van der Waals surface area contributed by atoms with Crippen LogP contribution in [0.4, 0.5) is 0 Å². The Morgan fingerprint density at radius 3 is 2.75 bits per heavy atom. The second kappa shape index (κ2) is 6.72. The number of amides is 1. The summed E-state index contributed by atoms with van der Waals surface area (Å²) >= 11 is 1.61. The minimum absolute atomic E-state index is 0.181. The van der Waals surface area contributed by atoms with E-state index in [2.05, 4.69) is 10.3 Å². The number of carboxylic acids is 1. The molecule has 128 valence electrons. The van der Waals surface area contributed by atoms with Gasteiger partial charge in [-0.2, -0.15) is 0 Å². The second-order valence-electron chi connectivity index (χ2n) is 6.14. The summed E-state index contributed by atoms with van der Waals surface area (Å²) in [5, 5.41) is 19.6. The van der Waals surface area contributed by atoms with E-state index in [4.69, 9.17) is 0 Å². The third-order valence-corrected chi connectivity index (χ3v) is 5.54. The van der Waals surface area contributed by atoms with Gasteiger partial charge >= 0.3 is 5.97 Å². The van der Waals surface area contributed by atoms with E-state index in [0.29, 0.717) is 19.4 Å². The number of rotatable bonds is 5. The number of hydrogen-bond donors (Lipinski definition) is 1. The van der Waals surface area contributed by atoms with Gasteiger partial charge in [0.1, 0.15) is 5.54 Å². The van der Waals surface area contributed by atoms with Gasteiger partial charge in [0.15, 0.2) is 5.69 Å². The van der Waals surface area contributed by atoms with Crippen LogP contribution in [0.15, 0.2) is 23.7 Å². The maximum atomic E-state index is 12.7. The largest absolute Gasteiger partial charge is 0.479 e. The van der Waals surface area contributed by atoms with Crippen molar-refractivity contribution in [2.24, 2.45) is 0 Å². The molecule has 0 aliphatic heterocycles. The lowest BCUT2D eigenvalue weighted by molar-refractivity contribution is -0.151. The van der Waals surface area contributed by atoms with Gasteiger partial charge in [0.25, 0.3) is 5.91 Å². The van der Waals surface area contributed by atoms with Gasteiger partial charge in [-0.1, -0.05) is 30.5 Å². The van der Waals surface area contributed by atoms with Crippen LogP contribution in [0.25, 0.3) is 0 Å². The van der Waals surface area contributed by atoms with E-state index in [1.165, 1.54) is 4.90 Å². The summed E-state index contributed by atoms with van der Waals surface area (Å²) in [5.74, 6) is -1.33. The molecule has 2 aromatic heterocycles. The van der Waals surface area contributed by atoms with Gasteiger partial charge in [0.05, 0.1) is 12.7 Å². The fourth-order valence-corrected chi connectivity index (χ4v) is 3.93. The Balaban J connectivity index is 1.77. The number of carbonyl (C=O) groups excluding carboxylic acids is 1. The van der Waals surface area contributed by atoms with E-state index in [-0.39, 0.29) is 5.69 Å². The van der Waals surface area contributed by atoms with Crippen LogP contribution in [0.3, 0.4) is 0 Å². The van der Waals surface area contributed by atoms with Crippen molar-refractivity contribution in [1.82, 2.24) is 19.9 Å². The molecule has 7 nitrogen and oxygen atoms in total. The number of likely N-dealkylation sites (N-methyl/N-ethyl adjacent to an activating group) is 1. The Kier molecular flexibility index (Phi) is 4.66. The van der Waals surface area contributed by atoms with Crippen LogP contribution >= 0.6 is 11.3 Å². The molecule has 3 rings (SSSR count). The molecule has 1 saturated carbocycles. The first-order valence-electron chi connectivity index (χ1n) is 7.97. The molecule has 0 bridgehead atoms. The summed E-state index contributed by atoms with van der Waals surface area (Å²) in [6.07, 6.45) is 5.18. The van der Waals surface area contributed by atoms with Gasteiger partial charge in [0.2, 0.25) is 0 Å². The smallest absolute Gasteiger partial charge is 0.329 e. The Morgan fingerprint density at radius 1 is 1.38 bits per heavy atom. The van der Waals surface area contributed by atoms with E-state index in [0.717, 1.165) is 24.1 Å². The molecule has 0 unspecified atom stereocenters. The van der Waals surface area contributed by atoms with Crippen LogP contribution in [0.1, 0.15) is 47.5 Å². The molecule has 0 saturated heterocycles. The van der Waals surface area contributed by atoms with Crippen molar-refractivity contribution in [2.75, 3.05) is 7.05 Å². The Bertz CT molecular complexity index is 720. The second-order valence-corrected chi connectivity index (χ2v) is 7.17. The molecule has 1 N–H and O–H groups in total. The summed E-state index contributed by atoms with van der Waals surface area (Å²) in [7, 11) is 1.56. The van der Waals surface area contributed by atoms with E-state index < -0.39 is 17.4 Å². The molecule has 0 radical (unpaired) electrons. The number of aliphatic carboxylic acids is 1. The Labute approximate surface area is 143 Å². The number of thiophene rings is 1. The van der Waals surface area contributed by atoms with Gasteiger partial charge in [0, 0.05) is 11.9 Å². The van der Waals surface area contributed by atoms with Crippen molar-refractivity contribution in [1.29, 1.82) is 0 Å². The standard InChI is InChI=1S/C16H20N4O3S/c1-19(16(15(22)23)7-3-2-4-8-16)14(21)13-11-20(18-17-13)10-12-6-5-9-24-12/h5-6,9,11H,2-4,7-8,10H2,1H3,(H,22,23). The van der Waals surface area contributed by atoms with Gasteiger partial charge < -0.3 is 10.0 Å². The number of nitrogens with zero attached hydrogens (tertiary/aromatic N) is 4. The van der Waals surface area contributed by atoms with Crippen molar-refractivity contribution in [3.8, 4) is 0 Å². The lowest BCUT2D eigenvalue weighted by Gasteiger charge is -2.40. The van der Waals surface area contributed by atoms with Gasteiger partial charge in [-0.25, -0.2) is 9.48 Å². The highest BCUT2D eigenvalue weighted by Gasteiger charge is 2.46. The first-order chi connectivity index (χ1) is 11.5. The molecule has 24 heavy (non-hydrogen) atoms. The van der Waals surface area contributed by atoms with Crippen LogP contribution < -0.4 is 0 Å². The van der Waals surface area contributed by atoms with Gasteiger partial charge in [-0.05, 0) is 24.3 Å². The quantitative estimate of drug-likeness (QED) is 0.895. The SMILES string of the molecule is CN(C(=O)c1cn(Cc2cccs2)nn1)C1(C(=O)O)CCCCC1. The summed E-state index contributed by atoms with van der Waals surface area (Å²) in [6.45, 7) is 0.547. The number of carbonyl (C=O) groups is 2. The molecule has 2 aromatic rings. The molecule has 8 heteroatoms. The molecular formula is C16H20N4O3S. The Morgan fingerprint density at radius 2 is 2.12 bits per heavy atom. The lowest BCUT2D eigenvalue weighted by atomic mass is 9.80. The molecule has 2 heterocycles. The van der Waals surface area contributed by atoms with E-state index in [1.54, 1.807) is 29.3 Å². The predicted octanol–water partition coefficient (Wildman–Crippen LogP) is 2.25. The highest BCUT2D eigenvalue weighted by molar-refractivity contribution is 7.09. The molecular weight excluding hydrogens is 328 g/mol. The monoisotopic (exact) mass is 348 g/mol. The van der Waals surface area contributed by atoms with E-state index >= 15 is 0 Å². The van der Waals surface area contributed by atoms with Crippen LogP contribution in [-0.4, -0.2) is 49.5 Å². The highest BCUT2D eigenvalue weighted by atomic mass is 32.1. The average molecular weight is 348 g/mol. The van der Waals surface area contributed by atoms with Crippen LogP contribution in [-0.2, 0) is 11.3 Å². The summed E-state index contributed by atoms with van der Waals surface area (Å²) < 4.78 is 1.60. The van der Waals surface area contributed by atoms with E-state index in [1.807, 2.05) is 17.5 Å². The fourth-order valence-electron chi connectivity index (χ4n) is 3.23. The van der Waals surface area contributed by atoms with Crippen LogP contribution in [0, 0.1) is 0 Å². The zero-order valence-electron chi connectivity index (χ0n) is 13.5. The first kappa shape index (κ1) is 16.6. The lowest BCUT2D eigenvalue weighted by Crippen LogP contribution is -2.56. The molecule has 1 aliphatic rings. The maximum absolute atomic E-state index is 12.7. The zero-order valence-corrected chi connectivity index (χ0v) is 14.3. The normalized spacial score (nSPS) is 16.7. The van der Waals surface area contributed by atoms with E-state index in [9.17, 15) is 14.7 Å². The molecule has 1 amide bonds. The van der Waals surface area contributed by atoms with Crippen molar-refractivity contribution < 1.29 is 14.7 Å². The molecule has 0 aromatic carbocycles. The minimum Gasteiger partial charge on any atom is -0.479 e. The van der Waals surface area contributed by atoms with Crippen LogP contribution in [0.2, 0.25) is 0 Å². The third kappa shape index (κ3) is 3.06. The summed E-state index contributed by atoms with van der Waals surface area (Å²) in [5.41, 5.74) is -0.951. The number of aromatic nitrogens is 3. The van der Waals surface area contributed by atoms with Crippen molar-refractivity contribution in [3.63, 3.8) is 0 Å². The van der Waals surface area contributed by atoms with Crippen molar-refractivity contribution in [3.05, 3.63) is 34.3 Å². The average Bonchev–Trinajstić information content (AvgIpc) is 3.26. The summed E-state index contributed by atoms with van der Waals surface area (Å²) in [6, 6.07) is 3.94. The molecule has 1 fully saturated rings. The summed E-state index contributed by atoms with van der Waals surface area (Å²) in [4.78, 5) is 27.0. The zero-order chi connectivity index (χ0) is 17.2. The topological polar surface area (TPSA) is 88.3 Å². The molecule has 1 aliphatic carbocycles. The number of carboxylic acid groups (broad SMARTS) is 1. The van der Waals surface area contributed by atoms with Crippen LogP contribution in [0.5, 0.6) is 0 Å².